The Labute approximate surface area is 191 Å². The molecule has 0 aliphatic carbocycles. The fourth-order valence-electron chi connectivity index (χ4n) is 3.92. The molecule has 4 N–H and O–H groups in total. The molecule has 2 aromatic heterocycles. The summed E-state index contributed by atoms with van der Waals surface area (Å²) in [5, 5.41) is 5.44. The smallest absolute Gasteiger partial charge is 0.318 e. The quantitative estimate of drug-likeness (QED) is 0.335. The molecular formula is C22H25N6O4P. The van der Waals surface area contributed by atoms with Crippen LogP contribution in [0, 0.1) is 0 Å². The van der Waals surface area contributed by atoms with Crippen molar-refractivity contribution in [1.82, 2.24) is 24.6 Å². The number of benzene rings is 2. The van der Waals surface area contributed by atoms with E-state index < -0.39 is 8.53 Å². The molecule has 4 aromatic rings. The molecule has 0 saturated carbocycles. The number of anilines is 1. The molecule has 33 heavy (non-hydrogen) atoms. The van der Waals surface area contributed by atoms with Gasteiger partial charge in [0.2, 0.25) is 5.95 Å². The van der Waals surface area contributed by atoms with Gasteiger partial charge in [0.05, 0.1) is 19.0 Å². The summed E-state index contributed by atoms with van der Waals surface area (Å²) in [5.41, 5.74) is 5.99. The third-order valence-corrected chi connectivity index (χ3v) is 6.76. The van der Waals surface area contributed by atoms with Crippen molar-refractivity contribution >= 4 is 36.4 Å². The number of nitrogens with one attached hydrogen (secondary N) is 2. The normalized spacial score (nSPS) is 19.3. The van der Waals surface area contributed by atoms with Gasteiger partial charge in [0.15, 0.2) is 11.2 Å². The van der Waals surface area contributed by atoms with E-state index in [0.717, 1.165) is 29.4 Å². The first-order chi connectivity index (χ1) is 16.1. The van der Waals surface area contributed by atoms with Crippen LogP contribution in [-0.4, -0.2) is 38.8 Å². The number of nitrogen functional groups attached to an aromatic ring is 1. The van der Waals surface area contributed by atoms with Crippen molar-refractivity contribution in [2.45, 2.75) is 32.1 Å². The molecule has 1 saturated heterocycles. The molecule has 11 heteroatoms. The average Bonchev–Trinajstić information content (AvgIpc) is 3.45. The van der Waals surface area contributed by atoms with Gasteiger partial charge in [-0.2, -0.15) is 4.98 Å². The lowest BCUT2D eigenvalue weighted by molar-refractivity contribution is -0.0156. The minimum atomic E-state index is -1.35. The summed E-state index contributed by atoms with van der Waals surface area (Å²) in [5.74, 6) is 0.832. The lowest BCUT2D eigenvalue weighted by Gasteiger charge is -2.21. The van der Waals surface area contributed by atoms with Gasteiger partial charge in [0.25, 0.3) is 5.56 Å². The number of imidazole rings is 1. The minimum absolute atomic E-state index is 0.0500. The average molecular weight is 468 g/mol. The van der Waals surface area contributed by atoms with Gasteiger partial charge < -0.3 is 19.5 Å². The number of nitrogens with zero attached hydrogens (tertiary/aromatic N) is 3. The molecule has 172 valence electrons. The summed E-state index contributed by atoms with van der Waals surface area (Å²) >= 11 is 0. The van der Waals surface area contributed by atoms with Gasteiger partial charge in [-0.25, -0.2) is 10.1 Å². The molecule has 2 aromatic carbocycles. The number of rotatable bonds is 8. The van der Waals surface area contributed by atoms with E-state index in [1.807, 2.05) is 37.3 Å². The van der Waals surface area contributed by atoms with Crippen LogP contribution in [-0.2, 0) is 9.26 Å². The Bertz CT molecular complexity index is 1320. The molecule has 3 atom stereocenters. The molecule has 0 radical (unpaired) electrons. The number of hydrogen-bond donors (Lipinski definition) is 3. The summed E-state index contributed by atoms with van der Waals surface area (Å²) in [6.07, 6.45) is 2.70. The van der Waals surface area contributed by atoms with E-state index in [-0.39, 0.29) is 29.4 Å². The van der Waals surface area contributed by atoms with Crippen LogP contribution in [0.5, 0.6) is 5.75 Å². The highest BCUT2D eigenvalue weighted by atomic mass is 31.2. The van der Waals surface area contributed by atoms with Crippen molar-refractivity contribution < 1.29 is 13.8 Å². The van der Waals surface area contributed by atoms with Crippen LogP contribution < -0.4 is 20.9 Å². The standard InChI is InChI=1S/C22H25N6O4P/c1-2-25-33(32-17-9-5-7-14-6-3-4-8-16(14)17)30-12-15-10-11-18(31-15)28-13-24-19-20(28)26-22(23)27-21(19)29/h3-9,13,15,18,25H,2,10-12H2,1H3,(H3,23,26,27,29). The summed E-state index contributed by atoms with van der Waals surface area (Å²) in [7, 11) is -1.35. The van der Waals surface area contributed by atoms with Gasteiger partial charge in [-0.05, 0) is 24.3 Å². The van der Waals surface area contributed by atoms with Gasteiger partial charge in [-0.1, -0.05) is 43.3 Å². The zero-order chi connectivity index (χ0) is 22.8. The summed E-state index contributed by atoms with van der Waals surface area (Å²) < 4.78 is 20.2. The molecule has 1 aliphatic heterocycles. The topological polar surface area (TPSA) is 129 Å². The van der Waals surface area contributed by atoms with Gasteiger partial charge in [-0.3, -0.25) is 14.3 Å². The first kappa shape index (κ1) is 21.8. The SMILES string of the molecule is CCNP(OCC1CCC(n2cnc3c(=O)[nH]c(N)nc32)O1)Oc1cccc2ccccc12. The largest absolute Gasteiger partial charge is 0.435 e. The highest BCUT2D eigenvalue weighted by Gasteiger charge is 2.30. The molecule has 1 aliphatic rings. The van der Waals surface area contributed by atoms with E-state index in [9.17, 15) is 4.79 Å². The monoisotopic (exact) mass is 468 g/mol. The predicted molar refractivity (Wildman–Crippen MR) is 127 cm³/mol. The van der Waals surface area contributed by atoms with Gasteiger partial charge >= 0.3 is 8.53 Å². The van der Waals surface area contributed by atoms with Crippen molar-refractivity contribution in [3.8, 4) is 5.75 Å². The van der Waals surface area contributed by atoms with E-state index in [2.05, 4.69) is 32.2 Å². The molecule has 5 rings (SSSR count). The molecule has 3 heterocycles. The second-order valence-corrected chi connectivity index (χ2v) is 8.97. The fourth-order valence-corrected chi connectivity index (χ4v) is 5.02. The third-order valence-electron chi connectivity index (χ3n) is 5.44. The van der Waals surface area contributed by atoms with Crippen molar-refractivity contribution in [2.24, 2.45) is 0 Å². The highest BCUT2D eigenvalue weighted by molar-refractivity contribution is 7.45. The van der Waals surface area contributed by atoms with E-state index in [1.54, 1.807) is 10.9 Å². The van der Waals surface area contributed by atoms with Gasteiger partial charge in [-0.15, -0.1) is 0 Å². The number of hydrogen-bond acceptors (Lipinski definition) is 8. The van der Waals surface area contributed by atoms with Crippen LogP contribution in [0.25, 0.3) is 21.9 Å². The number of H-pyrrole nitrogens is 1. The molecule has 10 nitrogen and oxygen atoms in total. The maximum absolute atomic E-state index is 12.0. The zero-order valence-corrected chi connectivity index (χ0v) is 19.0. The van der Waals surface area contributed by atoms with Crippen LogP contribution in [0.3, 0.4) is 0 Å². The molecule has 0 amide bonds. The van der Waals surface area contributed by atoms with E-state index >= 15 is 0 Å². The van der Waals surface area contributed by atoms with Crippen LogP contribution in [0.1, 0.15) is 26.0 Å². The molecule has 3 unspecified atom stereocenters. The lowest BCUT2D eigenvalue weighted by Crippen LogP contribution is -2.19. The Morgan fingerprint density at radius 2 is 2.12 bits per heavy atom. The second-order valence-electron chi connectivity index (χ2n) is 7.70. The Balaban J connectivity index is 1.25. The maximum atomic E-state index is 12.0. The van der Waals surface area contributed by atoms with Crippen molar-refractivity contribution in [1.29, 1.82) is 0 Å². The zero-order valence-electron chi connectivity index (χ0n) is 18.1. The minimum Gasteiger partial charge on any atom is -0.435 e. The van der Waals surface area contributed by atoms with Crippen LogP contribution in [0.2, 0.25) is 0 Å². The predicted octanol–water partition coefficient (Wildman–Crippen LogP) is 3.46. The number of fused-ring (bicyclic) bond motifs is 2. The summed E-state index contributed by atoms with van der Waals surface area (Å²) in [4.78, 5) is 22.9. The van der Waals surface area contributed by atoms with Crippen molar-refractivity contribution in [3.05, 3.63) is 59.1 Å². The second kappa shape index (κ2) is 9.44. The molecule has 0 spiro atoms. The van der Waals surface area contributed by atoms with Crippen LogP contribution in [0.4, 0.5) is 5.95 Å². The Hall–Kier alpha value is -3.04. The number of aromatic amines is 1. The molecule has 1 fully saturated rings. The van der Waals surface area contributed by atoms with Crippen LogP contribution in [0.15, 0.2) is 53.6 Å². The first-order valence-electron chi connectivity index (χ1n) is 10.8. The third kappa shape index (κ3) is 4.56. The highest BCUT2D eigenvalue weighted by Crippen LogP contribution is 2.40. The van der Waals surface area contributed by atoms with Gasteiger partial charge in [0.1, 0.15) is 12.0 Å². The Kier molecular flexibility index (Phi) is 6.24. The summed E-state index contributed by atoms with van der Waals surface area (Å²) in [6.45, 7) is 3.11. The van der Waals surface area contributed by atoms with Crippen molar-refractivity contribution in [2.75, 3.05) is 18.9 Å². The Morgan fingerprint density at radius 1 is 1.27 bits per heavy atom. The first-order valence-corrected chi connectivity index (χ1v) is 12.0. The van der Waals surface area contributed by atoms with Crippen LogP contribution >= 0.6 is 8.53 Å². The molecule has 0 bridgehead atoms. The van der Waals surface area contributed by atoms with E-state index in [0.29, 0.717) is 18.8 Å². The maximum Gasteiger partial charge on any atom is 0.318 e. The Morgan fingerprint density at radius 3 is 3.00 bits per heavy atom. The van der Waals surface area contributed by atoms with E-state index in [4.69, 9.17) is 19.5 Å². The summed E-state index contributed by atoms with van der Waals surface area (Å²) in [6, 6.07) is 14.1. The van der Waals surface area contributed by atoms with Crippen molar-refractivity contribution in [3.63, 3.8) is 0 Å². The number of ether oxygens (including phenoxy) is 1. The van der Waals surface area contributed by atoms with E-state index in [1.165, 1.54) is 0 Å². The molecular weight excluding hydrogens is 443 g/mol. The number of aromatic nitrogens is 4. The lowest BCUT2D eigenvalue weighted by atomic mass is 10.1. The number of nitrogens with two attached hydrogens (primary N) is 1. The van der Waals surface area contributed by atoms with Gasteiger partial charge in [0, 0.05) is 11.9 Å². The fraction of sp³-hybridized carbons (Fsp3) is 0.318.